The number of hydrogen-bond acceptors (Lipinski definition) is 4. The quantitative estimate of drug-likeness (QED) is 0.791. The molecule has 1 fully saturated rings. The number of nitrogens with zero attached hydrogens (tertiary/aromatic N) is 2. The van der Waals surface area contributed by atoms with Crippen LogP contribution >= 0.6 is 11.3 Å². The van der Waals surface area contributed by atoms with Gasteiger partial charge in [-0.1, -0.05) is 12.1 Å². The van der Waals surface area contributed by atoms with Gasteiger partial charge in [-0.05, 0) is 67.9 Å². The molecule has 0 unspecified atom stereocenters. The van der Waals surface area contributed by atoms with Crippen LogP contribution in [0.25, 0.3) is 0 Å². The third-order valence-electron chi connectivity index (χ3n) is 6.19. The van der Waals surface area contributed by atoms with Gasteiger partial charge in [-0.3, -0.25) is 9.59 Å². The average Bonchev–Trinajstić information content (AvgIpc) is 3.21. The summed E-state index contributed by atoms with van der Waals surface area (Å²) in [6.45, 7) is 2.85. The zero-order valence-electron chi connectivity index (χ0n) is 17.9. The normalized spacial score (nSPS) is 18.6. The van der Waals surface area contributed by atoms with Crippen LogP contribution in [0.1, 0.15) is 51.4 Å². The minimum Gasteiger partial charge on any atom is -0.372 e. The van der Waals surface area contributed by atoms with Crippen LogP contribution in [0.15, 0.2) is 30.3 Å². The highest BCUT2D eigenvalue weighted by atomic mass is 32.1. The van der Waals surface area contributed by atoms with Gasteiger partial charge in [0.1, 0.15) is 0 Å². The van der Waals surface area contributed by atoms with Gasteiger partial charge in [0.25, 0.3) is 5.91 Å². The maximum Gasteiger partial charge on any atom is 0.263 e. The second kappa shape index (κ2) is 9.21. The Bertz CT molecular complexity index is 898. The molecule has 160 valence electrons. The van der Waals surface area contributed by atoms with Crippen LogP contribution in [0.4, 0.5) is 5.69 Å². The summed E-state index contributed by atoms with van der Waals surface area (Å²) in [4.78, 5) is 31.1. The molecule has 0 spiro atoms. The molecule has 1 atom stereocenters. The Labute approximate surface area is 183 Å². The van der Waals surface area contributed by atoms with Gasteiger partial charge in [0, 0.05) is 50.2 Å². The van der Waals surface area contributed by atoms with E-state index in [0.717, 1.165) is 42.8 Å². The van der Waals surface area contributed by atoms with Gasteiger partial charge in [0.05, 0.1) is 4.88 Å². The molecule has 1 aliphatic carbocycles. The number of aryl methyl sites for hydroxylation is 1. The first-order chi connectivity index (χ1) is 14.5. The molecule has 1 aromatic carbocycles. The number of piperidine rings is 1. The van der Waals surface area contributed by atoms with Crippen molar-refractivity contribution in [3.63, 3.8) is 0 Å². The zero-order valence-corrected chi connectivity index (χ0v) is 18.8. The van der Waals surface area contributed by atoms with Gasteiger partial charge in [-0.25, -0.2) is 0 Å². The minimum atomic E-state index is -0.0120. The molecular formula is C24H31N3O2S. The van der Waals surface area contributed by atoms with Crippen molar-refractivity contribution in [2.75, 3.05) is 32.1 Å². The molecule has 1 aromatic heterocycles. The molecule has 2 heterocycles. The molecule has 0 radical (unpaired) electrons. The molecule has 0 saturated carbocycles. The lowest BCUT2D eigenvalue weighted by Crippen LogP contribution is -2.33. The van der Waals surface area contributed by atoms with E-state index in [1.807, 2.05) is 6.07 Å². The topological polar surface area (TPSA) is 52.7 Å². The predicted molar refractivity (Wildman–Crippen MR) is 122 cm³/mol. The molecule has 6 heteroatoms. The Balaban J connectivity index is 1.31. The molecule has 4 rings (SSSR count). The Kier molecular flexibility index (Phi) is 6.42. The molecule has 0 bridgehead atoms. The third-order valence-corrected chi connectivity index (χ3v) is 7.42. The van der Waals surface area contributed by atoms with Crippen molar-refractivity contribution in [1.29, 1.82) is 0 Å². The van der Waals surface area contributed by atoms with Crippen molar-refractivity contribution < 1.29 is 9.59 Å². The molecular weight excluding hydrogens is 394 g/mol. The minimum absolute atomic E-state index is 0.0120. The fraction of sp³-hybridized carbons (Fsp3) is 0.500. The summed E-state index contributed by atoms with van der Waals surface area (Å²) >= 11 is 1.58. The van der Waals surface area contributed by atoms with E-state index >= 15 is 0 Å². The van der Waals surface area contributed by atoms with Gasteiger partial charge in [-0.2, -0.15) is 0 Å². The molecule has 2 aromatic rings. The van der Waals surface area contributed by atoms with E-state index in [-0.39, 0.29) is 17.7 Å². The van der Waals surface area contributed by atoms with E-state index in [2.05, 4.69) is 34.5 Å². The summed E-state index contributed by atoms with van der Waals surface area (Å²) in [5.74, 6) is 0.151. The van der Waals surface area contributed by atoms with Crippen molar-refractivity contribution in [2.24, 2.45) is 5.92 Å². The smallest absolute Gasteiger partial charge is 0.263 e. The van der Waals surface area contributed by atoms with Crippen LogP contribution in [0.3, 0.4) is 0 Å². The summed E-state index contributed by atoms with van der Waals surface area (Å²) in [7, 11) is 3.55. The first-order valence-electron chi connectivity index (χ1n) is 11.0. The summed E-state index contributed by atoms with van der Waals surface area (Å²) in [6, 6.07) is 10.6. The zero-order chi connectivity index (χ0) is 21.1. The van der Waals surface area contributed by atoms with Gasteiger partial charge >= 0.3 is 0 Å². The first-order valence-corrected chi connectivity index (χ1v) is 11.8. The summed E-state index contributed by atoms with van der Waals surface area (Å²) < 4.78 is 0. The Morgan fingerprint density at radius 2 is 1.87 bits per heavy atom. The van der Waals surface area contributed by atoms with Crippen molar-refractivity contribution >= 4 is 28.8 Å². The number of thiophene rings is 1. The van der Waals surface area contributed by atoms with Crippen LogP contribution in [0.5, 0.6) is 0 Å². The molecule has 2 aliphatic rings. The molecule has 1 N–H and O–H groups in total. The van der Waals surface area contributed by atoms with Crippen molar-refractivity contribution in [3.8, 4) is 0 Å². The number of carbonyl (C=O) groups is 2. The molecule has 2 amide bonds. The number of fused-ring (bicyclic) bond motifs is 1. The lowest BCUT2D eigenvalue weighted by Gasteiger charge is -2.29. The standard InChI is InChI=1S/C24H31N3O2S/c1-26(2)24(29)22-15-19-14-18(8-11-21(19)30-22)23(28)25-16-17-6-9-20(10-7-17)27-12-4-3-5-13-27/h6-7,9-10,15,18H,3-5,8,11-14,16H2,1-2H3,(H,25,28)/t18-/m0/s1. The largest absolute Gasteiger partial charge is 0.372 e. The van der Waals surface area contributed by atoms with E-state index in [9.17, 15) is 9.59 Å². The molecule has 5 nitrogen and oxygen atoms in total. The number of nitrogens with one attached hydrogen (secondary N) is 1. The second-order valence-electron chi connectivity index (χ2n) is 8.63. The number of rotatable bonds is 5. The number of anilines is 1. The summed E-state index contributed by atoms with van der Waals surface area (Å²) in [6.07, 6.45) is 6.34. The van der Waals surface area contributed by atoms with E-state index in [4.69, 9.17) is 0 Å². The van der Waals surface area contributed by atoms with Gasteiger partial charge < -0.3 is 15.1 Å². The first kappa shape index (κ1) is 20.9. The highest BCUT2D eigenvalue weighted by molar-refractivity contribution is 7.14. The van der Waals surface area contributed by atoms with Crippen LogP contribution in [0.2, 0.25) is 0 Å². The predicted octanol–water partition coefficient (Wildman–Crippen LogP) is 3.86. The van der Waals surface area contributed by atoms with E-state index in [1.54, 1.807) is 30.3 Å². The van der Waals surface area contributed by atoms with Crippen LogP contribution < -0.4 is 10.2 Å². The van der Waals surface area contributed by atoms with Gasteiger partial charge in [0.15, 0.2) is 0 Å². The lowest BCUT2D eigenvalue weighted by molar-refractivity contribution is -0.125. The Morgan fingerprint density at radius 3 is 2.57 bits per heavy atom. The summed E-state index contributed by atoms with van der Waals surface area (Å²) in [5.41, 5.74) is 3.59. The number of benzene rings is 1. The van der Waals surface area contributed by atoms with Crippen molar-refractivity contribution in [1.82, 2.24) is 10.2 Å². The number of amides is 2. The van der Waals surface area contributed by atoms with Gasteiger partial charge in [0.2, 0.25) is 5.91 Å². The van der Waals surface area contributed by atoms with E-state index in [0.29, 0.717) is 6.54 Å². The Hall–Kier alpha value is -2.34. The van der Waals surface area contributed by atoms with Crippen molar-refractivity contribution in [3.05, 3.63) is 51.2 Å². The lowest BCUT2D eigenvalue weighted by atomic mass is 9.87. The summed E-state index contributed by atoms with van der Waals surface area (Å²) in [5, 5.41) is 3.12. The number of carbonyl (C=O) groups excluding carboxylic acids is 2. The fourth-order valence-corrected chi connectivity index (χ4v) is 5.61. The highest BCUT2D eigenvalue weighted by Gasteiger charge is 2.27. The molecule has 30 heavy (non-hydrogen) atoms. The van der Waals surface area contributed by atoms with Gasteiger partial charge in [-0.15, -0.1) is 11.3 Å². The average molecular weight is 426 g/mol. The maximum absolute atomic E-state index is 12.8. The van der Waals surface area contributed by atoms with E-state index < -0.39 is 0 Å². The van der Waals surface area contributed by atoms with Crippen molar-refractivity contribution in [2.45, 2.75) is 45.1 Å². The van der Waals surface area contributed by atoms with Crippen LogP contribution in [-0.4, -0.2) is 43.9 Å². The highest BCUT2D eigenvalue weighted by Crippen LogP contribution is 2.33. The van der Waals surface area contributed by atoms with Crippen LogP contribution in [-0.2, 0) is 24.2 Å². The maximum atomic E-state index is 12.8. The second-order valence-corrected chi connectivity index (χ2v) is 9.77. The fourth-order valence-electron chi connectivity index (χ4n) is 4.38. The third kappa shape index (κ3) is 4.69. The monoisotopic (exact) mass is 425 g/mol. The SMILES string of the molecule is CN(C)C(=O)c1cc2c(s1)CC[C@H](C(=O)NCc1ccc(N3CCCCC3)cc1)C2. The van der Waals surface area contributed by atoms with Crippen LogP contribution in [0, 0.1) is 5.92 Å². The molecule has 1 aliphatic heterocycles. The number of hydrogen-bond donors (Lipinski definition) is 1. The Morgan fingerprint density at radius 1 is 1.13 bits per heavy atom. The molecule has 1 saturated heterocycles. The van der Waals surface area contributed by atoms with E-state index in [1.165, 1.54) is 35.4 Å².